The number of imide groups is 1. The molecular weight excluding hydrogens is 482 g/mol. The first-order valence-electron chi connectivity index (χ1n) is 13.0. The van der Waals surface area contributed by atoms with Gasteiger partial charge in [0.15, 0.2) is 0 Å². The van der Waals surface area contributed by atoms with E-state index >= 15 is 0 Å². The molecule has 204 valence electrons. The summed E-state index contributed by atoms with van der Waals surface area (Å²) in [5.41, 5.74) is 1.97. The molecule has 1 saturated heterocycles. The third-order valence-electron chi connectivity index (χ3n) is 7.14. The molecule has 7 heteroatoms. The highest BCUT2D eigenvalue weighted by Crippen LogP contribution is 2.29. The maximum Gasteiger partial charge on any atom is 0.416 e. The van der Waals surface area contributed by atoms with Gasteiger partial charge in [-0.25, -0.2) is 9.69 Å². The summed E-state index contributed by atoms with van der Waals surface area (Å²) in [6.07, 6.45) is 3.88. The first-order chi connectivity index (χ1) is 18.3. The van der Waals surface area contributed by atoms with Crippen molar-refractivity contribution in [3.05, 3.63) is 90.5 Å². The van der Waals surface area contributed by atoms with E-state index in [1.807, 2.05) is 80.6 Å². The van der Waals surface area contributed by atoms with Gasteiger partial charge >= 0.3 is 6.09 Å². The van der Waals surface area contributed by atoms with Crippen LogP contribution >= 0.6 is 0 Å². The molecule has 0 saturated carbocycles. The predicted octanol–water partition coefficient (Wildman–Crippen LogP) is 5.18. The number of nitrogens with zero attached hydrogens (tertiary/aromatic N) is 1. The third kappa shape index (κ3) is 7.33. The van der Waals surface area contributed by atoms with Gasteiger partial charge in [-0.15, -0.1) is 0 Å². The number of allylic oxidation sites excluding steroid dienone is 2. The summed E-state index contributed by atoms with van der Waals surface area (Å²) in [6.45, 7) is 9.73. The molecule has 6 atom stereocenters. The molecule has 2 amide bonds. The summed E-state index contributed by atoms with van der Waals surface area (Å²) in [4.78, 5) is 27.2. The van der Waals surface area contributed by atoms with Gasteiger partial charge in [0.1, 0.15) is 12.4 Å². The molecule has 1 N–H and O–H groups in total. The van der Waals surface area contributed by atoms with E-state index in [0.717, 1.165) is 16.9 Å². The highest BCUT2D eigenvalue weighted by atomic mass is 16.6. The number of cyclic esters (lactones) is 1. The van der Waals surface area contributed by atoms with Crippen LogP contribution in [0.15, 0.2) is 79.4 Å². The number of carbonyl (C=O) groups is 2. The minimum absolute atomic E-state index is 0.0687. The van der Waals surface area contributed by atoms with Crippen LogP contribution in [0.5, 0.6) is 5.75 Å². The summed E-state index contributed by atoms with van der Waals surface area (Å²) < 4.78 is 16.8. The van der Waals surface area contributed by atoms with Gasteiger partial charge in [-0.1, -0.05) is 88.0 Å². The van der Waals surface area contributed by atoms with E-state index in [-0.39, 0.29) is 12.5 Å². The molecule has 0 spiro atoms. The normalized spacial score (nSPS) is 19.4. The quantitative estimate of drug-likeness (QED) is 0.366. The number of benzene rings is 2. The molecule has 0 aliphatic carbocycles. The molecule has 0 unspecified atom stereocenters. The Morgan fingerprint density at radius 2 is 1.82 bits per heavy atom. The lowest BCUT2D eigenvalue weighted by Gasteiger charge is -2.34. The van der Waals surface area contributed by atoms with Crippen molar-refractivity contribution in [2.75, 3.05) is 13.7 Å². The molecule has 0 aromatic heterocycles. The van der Waals surface area contributed by atoms with E-state index in [4.69, 9.17) is 14.2 Å². The number of methoxy groups -OCH3 is 1. The van der Waals surface area contributed by atoms with Crippen molar-refractivity contribution in [2.24, 2.45) is 17.8 Å². The Morgan fingerprint density at radius 1 is 1.13 bits per heavy atom. The number of aliphatic hydroxyl groups excluding tert-OH is 1. The number of hydrogen-bond donors (Lipinski definition) is 1. The zero-order chi connectivity index (χ0) is 27.7. The van der Waals surface area contributed by atoms with Crippen LogP contribution in [0, 0.1) is 17.8 Å². The zero-order valence-corrected chi connectivity index (χ0v) is 22.7. The number of hydrogen-bond acceptors (Lipinski definition) is 6. The van der Waals surface area contributed by atoms with Crippen molar-refractivity contribution in [2.45, 2.75) is 52.0 Å². The summed E-state index contributed by atoms with van der Waals surface area (Å²) in [5.74, 6) is -1.01. The number of aliphatic hydroxyl groups is 1. The topological polar surface area (TPSA) is 85.3 Å². The van der Waals surface area contributed by atoms with E-state index in [0.29, 0.717) is 13.0 Å². The fraction of sp³-hybridized carbons (Fsp3) is 0.419. The monoisotopic (exact) mass is 521 g/mol. The Hall–Kier alpha value is -3.42. The molecule has 1 fully saturated rings. The molecule has 38 heavy (non-hydrogen) atoms. The second-order valence-corrected chi connectivity index (χ2v) is 9.87. The fourth-order valence-electron chi connectivity index (χ4n) is 4.84. The molecule has 1 aliphatic heterocycles. The molecular formula is C31H39NO6. The Morgan fingerprint density at radius 3 is 2.45 bits per heavy atom. The second-order valence-electron chi connectivity index (χ2n) is 9.87. The zero-order valence-electron chi connectivity index (χ0n) is 22.7. The molecule has 3 rings (SSSR count). The van der Waals surface area contributed by atoms with Crippen molar-refractivity contribution in [3.63, 3.8) is 0 Å². The molecule has 1 heterocycles. The lowest BCUT2D eigenvalue weighted by Crippen LogP contribution is -2.48. The molecule has 7 nitrogen and oxygen atoms in total. The van der Waals surface area contributed by atoms with Crippen LogP contribution in [0.25, 0.3) is 0 Å². The second kappa shape index (κ2) is 13.9. The first-order valence-corrected chi connectivity index (χ1v) is 13.0. The standard InChI is InChI=1S/C31H39NO6/c1-6-7-11-21(2)29(37-19-25-14-16-27(36-5)17-15-25)22(3)28(33)23(4)30(34)32-26(20-38-31(32)35)18-24-12-9-8-10-13-24/h6-17,21-23,26,28-29,33H,1,18-20H2,2-5H3/t21-,22-,23+,26+,28-,29-/m0/s1. The van der Waals surface area contributed by atoms with Crippen LogP contribution in [0.1, 0.15) is 31.9 Å². The van der Waals surface area contributed by atoms with Crippen molar-refractivity contribution in [1.82, 2.24) is 4.90 Å². The van der Waals surface area contributed by atoms with Gasteiger partial charge in [0.25, 0.3) is 0 Å². The first kappa shape index (κ1) is 29.1. The summed E-state index contributed by atoms with van der Waals surface area (Å²) in [5, 5.41) is 11.3. The van der Waals surface area contributed by atoms with Crippen molar-refractivity contribution in [3.8, 4) is 5.75 Å². The lowest BCUT2D eigenvalue weighted by molar-refractivity contribution is -0.140. The Bertz CT molecular complexity index is 1080. The van der Waals surface area contributed by atoms with Gasteiger partial charge in [0.05, 0.1) is 37.9 Å². The molecule has 0 radical (unpaired) electrons. The van der Waals surface area contributed by atoms with Crippen LogP contribution < -0.4 is 4.74 Å². The van der Waals surface area contributed by atoms with Crippen LogP contribution in [0.2, 0.25) is 0 Å². The lowest BCUT2D eigenvalue weighted by atomic mass is 9.83. The minimum Gasteiger partial charge on any atom is -0.497 e. The largest absolute Gasteiger partial charge is 0.497 e. The number of amides is 2. The summed E-state index contributed by atoms with van der Waals surface area (Å²) in [6, 6.07) is 16.8. The number of ether oxygens (including phenoxy) is 3. The Balaban J connectivity index is 1.73. The van der Waals surface area contributed by atoms with Crippen LogP contribution in [0.4, 0.5) is 4.79 Å². The maximum atomic E-state index is 13.5. The van der Waals surface area contributed by atoms with Crippen LogP contribution in [-0.2, 0) is 27.3 Å². The van der Waals surface area contributed by atoms with Gasteiger partial charge in [0, 0.05) is 11.8 Å². The van der Waals surface area contributed by atoms with Gasteiger partial charge in [-0.2, -0.15) is 0 Å². The van der Waals surface area contributed by atoms with Gasteiger partial charge in [0.2, 0.25) is 5.91 Å². The number of carbonyl (C=O) groups excluding carboxylic acids is 2. The average Bonchev–Trinajstić information content (AvgIpc) is 3.30. The van der Waals surface area contributed by atoms with Gasteiger partial charge < -0.3 is 19.3 Å². The average molecular weight is 522 g/mol. The smallest absolute Gasteiger partial charge is 0.416 e. The Kier molecular flexibility index (Phi) is 10.7. The van der Waals surface area contributed by atoms with E-state index in [2.05, 4.69) is 6.58 Å². The molecule has 1 aliphatic rings. The highest BCUT2D eigenvalue weighted by Gasteiger charge is 2.43. The van der Waals surface area contributed by atoms with Crippen molar-refractivity contribution in [1.29, 1.82) is 0 Å². The van der Waals surface area contributed by atoms with E-state index in [9.17, 15) is 14.7 Å². The number of rotatable bonds is 13. The minimum atomic E-state index is -1.05. The van der Waals surface area contributed by atoms with Gasteiger partial charge in [-0.3, -0.25) is 4.79 Å². The molecule has 2 aromatic carbocycles. The fourth-order valence-corrected chi connectivity index (χ4v) is 4.84. The van der Waals surface area contributed by atoms with E-state index in [1.165, 1.54) is 4.90 Å². The summed E-state index contributed by atoms with van der Waals surface area (Å²) >= 11 is 0. The molecule has 0 bridgehead atoms. The third-order valence-corrected chi connectivity index (χ3v) is 7.14. The summed E-state index contributed by atoms with van der Waals surface area (Å²) in [7, 11) is 1.62. The van der Waals surface area contributed by atoms with E-state index in [1.54, 1.807) is 20.1 Å². The van der Waals surface area contributed by atoms with Gasteiger partial charge in [-0.05, 0) is 29.7 Å². The molecule has 2 aromatic rings. The van der Waals surface area contributed by atoms with Crippen LogP contribution in [0.3, 0.4) is 0 Å². The van der Waals surface area contributed by atoms with Crippen LogP contribution in [-0.4, -0.2) is 54.0 Å². The Labute approximate surface area is 225 Å². The van der Waals surface area contributed by atoms with Crippen molar-refractivity contribution >= 4 is 12.0 Å². The van der Waals surface area contributed by atoms with Crippen molar-refractivity contribution < 1.29 is 28.9 Å². The van der Waals surface area contributed by atoms with E-state index < -0.39 is 42.1 Å². The SMILES string of the molecule is C=CC=C[C@H](C)[C@H](OCc1ccc(OC)cc1)[C@@H](C)[C@H](O)[C@@H](C)C(=O)N1C(=O)OC[C@H]1Cc1ccccc1. The highest BCUT2D eigenvalue weighted by molar-refractivity contribution is 5.95. The predicted molar refractivity (Wildman–Crippen MR) is 147 cm³/mol. The maximum absolute atomic E-state index is 13.5.